The van der Waals surface area contributed by atoms with Gasteiger partial charge in [-0.05, 0) is 24.1 Å². The summed E-state index contributed by atoms with van der Waals surface area (Å²) < 4.78 is 37.2. The van der Waals surface area contributed by atoms with Gasteiger partial charge in [0.2, 0.25) is 10.0 Å². The summed E-state index contributed by atoms with van der Waals surface area (Å²) in [5, 5.41) is 0. The molecule has 0 amide bonds. The molecular formula is C14H22FN3O2S. The van der Waals surface area contributed by atoms with Crippen LogP contribution in [0.1, 0.15) is 18.0 Å². The van der Waals surface area contributed by atoms with E-state index in [9.17, 15) is 12.8 Å². The maximum absolute atomic E-state index is 12.9. The van der Waals surface area contributed by atoms with Crippen LogP contribution in [0.5, 0.6) is 0 Å². The quantitative estimate of drug-likeness (QED) is 0.872. The Morgan fingerprint density at radius 3 is 2.29 bits per heavy atom. The van der Waals surface area contributed by atoms with Crippen molar-refractivity contribution < 1.29 is 12.8 Å². The van der Waals surface area contributed by atoms with E-state index in [1.54, 1.807) is 12.1 Å². The third-order valence-corrected chi connectivity index (χ3v) is 5.16. The number of halogens is 1. The monoisotopic (exact) mass is 315 g/mol. The van der Waals surface area contributed by atoms with Crippen molar-refractivity contribution >= 4 is 10.0 Å². The van der Waals surface area contributed by atoms with Crippen LogP contribution in [-0.2, 0) is 10.0 Å². The second-order valence-corrected chi connectivity index (χ2v) is 7.43. The standard InChI is InChI=1S/C14H22FN3O2S/c1-21(19,20)18-10-8-17(9-11-18)7-6-14(16)12-2-4-13(15)5-3-12/h2-5,14H,6-11,16H2,1H3. The maximum Gasteiger partial charge on any atom is 0.211 e. The molecule has 118 valence electrons. The molecular weight excluding hydrogens is 293 g/mol. The smallest absolute Gasteiger partial charge is 0.211 e. The average Bonchev–Trinajstić information content (AvgIpc) is 2.45. The van der Waals surface area contributed by atoms with Crippen LogP contribution in [0, 0.1) is 5.82 Å². The molecule has 1 aliphatic rings. The lowest BCUT2D eigenvalue weighted by atomic mass is 10.0. The molecule has 0 radical (unpaired) electrons. The van der Waals surface area contributed by atoms with Crippen molar-refractivity contribution in [1.82, 2.24) is 9.21 Å². The molecule has 1 heterocycles. The van der Waals surface area contributed by atoms with Crippen LogP contribution in [-0.4, -0.2) is 56.6 Å². The maximum atomic E-state index is 12.9. The first-order valence-corrected chi connectivity index (χ1v) is 8.89. The van der Waals surface area contributed by atoms with E-state index >= 15 is 0 Å². The Kier molecular flexibility index (Phi) is 5.32. The average molecular weight is 315 g/mol. The summed E-state index contributed by atoms with van der Waals surface area (Å²) >= 11 is 0. The number of rotatable bonds is 5. The van der Waals surface area contributed by atoms with Crippen molar-refractivity contribution in [3.05, 3.63) is 35.6 Å². The van der Waals surface area contributed by atoms with Gasteiger partial charge in [-0.1, -0.05) is 12.1 Å². The van der Waals surface area contributed by atoms with Crippen LogP contribution in [0.2, 0.25) is 0 Å². The summed E-state index contributed by atoms with van der Waals surface area (Å²) in [6.07, 6.45) is 2.01. The van der Waals surface area contributed by atoms with Gasteiger partial charge in [-0.15, -0.1) is 0 Å². The van der Waals surface area contributed by atoms with Gasteiger partial charge in [-0.25, -0.2) is 12.8 Å². The largest absolute Gasteiger partial charge is 0.324 e. The minimum atomic E-state index is -3.08. The van der Waals surface area contributed by atoms with E-state index in [-0.39, 0.29) is 11.9 Å². The number of piperazine rings is 1. The molecule has 0 saturated carbocycles. The van der Waals surface area contributed by atoms with Gasteiger partial charge in [-0.2, -0.15) is 4.31 Å². The first kappa shape index (κ1) is 16.4. The summed E-state index contributed by atoms with van der Waals surface area (Å²) in [6, 6.07) is 6.13. The highest BCUT2D eigenvalue weighted by molar-refractivity contribution is 7.88. The fraction of sp³-hybridized carbons (Fsp3) is 0.571. The van der Waals surface area contributed by atoms with Gasteiger partial charge < -0.3 is 10.6 Å². The molecule has 0 aliphatic carbocycles. The summed E-state index contributed by atoms with van der Waals surface area (Å²) in [4.78, 5) is 2.21. The second-order valence-electron chi connectivity index (χ2n) is 5.45. The third-order valence-electron chi connectivity index (χ3n) is 3.85. The first-order valence-electron chi connectivity index (χ1n) is 7.05. The highest BCUT2D eigenvalue weighted by Crippen LogP contribution is 2.16. The summed E-state index contributed by atoms with van der Waals surface area (Å²) in [6.45, 7) is 3.33. The zero-order valence-electron chi connectivity index (χ0n) is 12.2. The molecule has 1 saturated heterocycles. The number of sulfonamides is 1. The van der Waals surface area contributed by atoms with Gasteiger partial charge in [0, 0.05) is 38.8 Å². The molecule has 1 atom stereocenters. The molecule has 1 aliphatic heterocycles. The zero-order chi connectivity index (χ0) is 15.5. The van der Waals surface area contributed by atoms with Crippen LogP contribution >= 0.6 is 0 Å². The predicted molar refractivity (Wildman–Crippen MR) is 80.8 cm³/mol. The molecule has 5 nitrogen and oxygen atoms in total. The van der Waals surface area contributed by atoms with Crippen molar-refractivity contribution in [1.29, 1.82) is 0 Å². The highest BCUT2D eigenvalue weighted by Gasteiger charge is 2.23. The minimum absolute atomic E-state index is 0.126. The Morgan fingerprint density at radius 1 is 1.19 bits per heavy atom. The Labute approximate surface area is 125 Å². The molecule has 2 N–H and O–H groups in total. The van der Waals surface area contributed by atoms with E-state index in [0.29, 0.717) is 13.1 Å². The lowest BCUT2D eigenvalue weighted by Gasteiger charge is -2.33. The van der Waals surface area contributed by atoms with E-state index in [1.807, 2.05) is 0 Å². The van der Waals surface area contributed by atoms with Crippen LogP contribution in [0.25, 0.3) is 0 Å². The van der Waals surface area contributed by atoms with E-state index in [0.717, 1.165) is 31.6 Å². The number of hydrogen-bond acceptors (Lipinski definition) is 4. The zero-order valence-corrected chi connectivity index (χ0v) is 13.0. The molecule has 7 heteroatoms. The molecule has 0 spiro atoms. The minimum Gasteiger partial charge on any atom is -0.324 e. The van der Waals surface area contributed by atoms with E-state index in [4.69, 9.17) is 5.73 Å². The van der Waals surface area contributed by atoms with Crippen molar-refractivity contribution in [2.24, 2.45) is 5.73 Å². The van der Waals surface area contributed by atoms with Crippen LogP contribution in [0.15, 0.2) is 24.3 Å². The Morgan fingerprint density at radius 2 is 1.76 bits per heavy atom. The summed E-state index contributed by atoms with van der Waals surface area (Å²) in [5.41, 5.74) is 7.03. The van der Waals surface area contributed by atoms with Crippen molar-refractivity contribution in [2.75, 3.05) is 39.0 Å². The van der Waals surface area contributed by atoms with E-state index in [1.165, 1.54) is 22.7 Å². The SMILES string of the molecule is CS(=O)(=O)N1CCN(CCC(N)c2ccc(F)cc2)CC1. The van der Waals surface area contributed by atoms with Gasteiger partial charge >= 0.3 is 0 Å². The lowest BCUT2D eigenvalue weighted by Crippen LogP contribution is -2.48. The van der Waals surface area contributed by atoms with E-state index in [2.05, 4.69) is 4.90 Å². The van der Waals surface area contributed by atoms with E-state index < -0.39 is 10.0 Å². The lowest BCUT2D eigenvalue weighted by molar-refractivity contribution is 0.184. The number of hydrogen-bond donors (Lipinski definition) is 1. The molecule has 1 unspecified atom stereocenters. The second kappa shape index (κ2) is 6.83. The number of benzene rings is 1. The molecule has 1 fully saturated rings. The Bertz CT molecular complexity index is 554. The van der Waals surface area contributed by atoms with Gasteiger partial charge in [0.05, 0.1) is 6.26 Å². The third kappa shape index (κ3) is 4.74. The van der Waals surface area contributed by atoms with Gasteiger partial charge in [0.15, 0.2) is 0 Å². The number of nitrogens with two attached hydrogens (primary N) is 1. The van der Waals surface area contributed by atoms with Crippen LogP contribution in [0.3, 0.4) is 0 Å². The fourth-order valence-electron chi connectivity index (χ4n) is 2.48. The number of nitrogens with zero attached hydrogens (tertiary/aromatic N) is 2. The van der Waals surface area contributed by atoms with Crippen molar-refractivity contribution in [3.63, 3.8) is 0 Å². The molecule has 21 heavy (non-hydrogen) atoms. The molecule has 2 rings (SSSR count). The Balaban J connectivity index is 1.78. The van der Waals surface area contributed by atoms with Crippen LogP contribution < -0.4 is 5.73 Å². The van der Waals surface area contributed by atoms with Crippen molar-refractivity contribution in [3.8, 4) is 0 Å². The summed E-state index contributed by atoms with van der Waals surface area (Å²) in [7, 11) is -3.08. The summed E-state index contributed by atoms with van der Waals surface area (Å²) in [5.74, 6) is -0.261. The molecule has 1 aromatic carbocycles. The van der Waals surface area contributed by atoms with Gasteiger partial charge in [-0.3, -0.25) is 0 Å². The van der Waals surface area contributed by atoms with Crippen molar-refractivity contribution in [2.45, 2.75) is 12.5 Å². The highest BCUT2D eigenvalue weighted by atomic mass is 32.2. The molecule has 1 aromatic rings. The first-order chi connectivity index (χ1) is 9.86. The predicted octanol–water partition coefficient (Wildman–Crippen LogP) is 0.793. The van der Waals surface area contributed by atoms with Gasteiger partial charge in [0.25, 0.3) is 0 Å². The Hall–Kier alpha value is -1.02. The molecule has 0 aromatic heterocycles. The van der Waals surface area contributed by atoms with Crippen LogP contribution in [0.4, 0.5) is 4.39 Å². The topological polar surface area (TPSA) is 66.6 Å². The fourth-order valence-corrected chi connectivity index (χ4v) is 3.31. The normalized spacial score (nSPS) is 19.6. The van der Waals surface area contributed by atoms with Gasteiger partial charge in [0.1, 0.15) is 5.82 Å². The molecule has 0 bridgehead atoms.